The first-order chi connectivity index (χ1) is 3.77. The number of unbranched alkanes of at least 4 members (excludes halogenated alkanes) is 1. The number of nitrogens with two attached hydrogens (primary N) is 2. The van der Waals surface area contributed by atoms with Gasteiger partial charge in [-0.05, 0) is 18.2 Å². The van der Waals surface area contributed by atoms with Gasteiger partial charge < -0.3 is 17.0 Å². The van der Waals surface area contributed by atoms with E-state index >= 15 is 0 Å². The van der Waals surface area contributed by atoms with Crippen LogP contribution in [0.3, 0.4) is 0 Å². The van der Waals surface area contributed by atoms with E-state index in [1.807, 2.05) is 0 Å². The topological polar surface area (TPSA) is 51.6 Å². The van der Waals surface area contributed by atoms with Crippen molar-refractivity contribution in [1.29, 1.82) is 0 Å². The second-order valence-corrected chi connectivity index (χ2v) is 2.77. The molecule has 0 aromatic carbocycles. The normalized spacial score (nSPS) is 8.11. The Morgan fingerprint density at radius 2 is 2.22 bits per heavy atom. The second kappa shape index (κ2) is 8.30. The standard InChI is InChI=1S/C5H12N2S.BrH/c1-2-3-4-8-5(6)7;/h2-4H2,1H3,(H3,6,7);1H. The molecule has 4 heteroatoms. The van der Waals surface area contributed by atoms with Gasteiger partial charge in [-0.1, -0.05) is 13.3 Å². The minimum atomic E-state index is 0. The van der Waals surface area contributed by atoms with Crippen LogP contribution in [0.25, 0.3) is 0 Å². The van der Waals surface area contributed by atoms with Crippen molar-refractivity contribution in [3.63, 3.8) is 0 Å². The Hall–Kier alpha value is 0.300. The van der Waals surface area contributed by atoms with Crippen molar-refractivity contribution >= 4 is 16.9 Å². The van der Waals surface area contributed by atoms with E-state index in [2.05, 4.69) is 6.92 Å². The maximum absolute atomic E-state index is 5.19. The third-order valence-electron chi connectivity index (χ3n) is 0.767. The minimum absolute atomic E-state index is 0. The number of hydrogen-bond donors (Lipinski definition) is 2. The van der Waals surface area contributed by atoms with Crippen LogP contribution in [0.2, 0.25) is 0 Å². The molecule has 0 aromatic heterocycles. The van der Waals surface area contributed by atoms with Gasteiger partial charge >= 0.3 is 0 Å². The lowest BCUT2D eigenvalue weighted by atomic mass is 10.4. The summed E-state index contributed by atoms with van der Waals surface area (Å²) >= 11 is 1.53. The van der Waals surface area contributed by atoms with E-state index in [-0.39, 0.29) is 17.0 Å². The number of amidine groups is 1. The highest BCUT2D eigenvalue weighted by Gasteiger charge is 1.92. The van der Waals surface area contributed by atoms with Crippen LogP contribution >= 0.6 is 11.8 Å². The molecule has 2 nitrogen and oxygen atoms in total. The molecule has 0 saturated carbocycles. The second-order valence-electron chi connectivity index (χ2n) is 1.60. The van der Waals surface area contributed by atoms with Gasteiger partial charge in [0.1, 0.15) is 0 Å². The molecule has 0 fully saturated rings. The van der Waals surface area contributed by atoms with E-state index < -0.39 is 0 Å². The molecule has 0 aliphatic heterocycles. The summed E-state index contributed by atoms with van der Waals surface area (Å²) in [5.41, 5.74) is 5.19. The van der Waals surface area contributed by atoms with Crippen LogP contribution in [0.1, 0.15) is 19.8 Å². The highest BCUT2D eigenvalue weighted by Crippen LogP contribution is 1.99. The molecule has 0 saturated heterocycles. The number of hydrogen-bond acceptors (Lipinski definition) is 1. The molecular formula is C5H13BrN2S. The highest BCUT2D eigenvalue weighted by atomic mass is 79.9. The molecule has 0 amide bonds. The van der Waals surface area contributed by atoms with Gasteiger partial charge in [0.05, 0.1) is 0 Å². The van der Waals surface area contributed by atoms with E-state index in [1.54, 1.807) is 0 Å². The van der Waals surface area contributed by atoms with Crippen molar-refractivity contribution in [3.05, 3.63) is 0 Å². The average Bonchev–Trinajstić information content (AvgIpc) is 1.66. The minimum Gasteiger partial charge on any atom is -1.00 e. The lowest BCUT2D eigenvalue weighted by Gasteiger charge is -1.89. The molecule has 0 radical (unpaired) electrons. The average molecular weight is 213 g/mol. The molecule has 0 aromatic rings. The number of rotatable bonds is 3. The van der Waals surface area contributed by atoms with Crippen LogP contribution in [-0.4, -0.2) is 10.9 Å². The fourth-order valence-corrected chi connectivity index (χ4v) is 1.00. The summed E-state index contributed by atoms with van der Waals surface area (Å²) < 4.78 is 0. The SMILES string of the molecule is CCCCSC(N)=[NH2+].[Br-]. The summed E-state index contributed by atoms with van der Waals surface area (Å²) in [7, 11) is 0. The van der Waals surface area contributed by atoms with E-state index in [1.165, 1.54) is 24.6 Å². The molecule has 0 spiro atoms. The molecule has 0 aliphatic rings. The van der Waals surface area contributed by atoms with Gasteiger partial charge in [0.15, 0.2) is 0 Å². The van der Waals surface area contributed by atoms with Crippen molar-refractivity contribution in [2.24, 2.45) is 5.73 Å². The van der Waals surface area contributed by atoms with Crippen LogP contribution in [0.15, 0.2) is 0 Å². The molecular weight excluding hydrogens is 200 g/mol. The quantitative estimate of drug-likeness (QED) is 0.292. The van der Waals surface area contributed by atoms with Gasteiger partial charge in [-0.2, -0.15) is 0 Å². The first-order valence-electron chi connectivity index (χ1n) is 2.78. The highest BCUT2D eigenvalue weighted by molar-refractivity contribution is 8.13. The largest absolute Gasteiger partial charge is 1.00 e. The first-order valence-corrected chi connectivity index (χ1v) is 3.76. The van der Waals surface area contributed by atoms with Gasteiger partial charge in [-0.25, -0.2) is 0 Å². The zero-order valence-corrected chi connectivity index (χ0v) is 7.96. The van der Waals surface area contributed by atoms with E-state index in [0.29, 0.717) is 5.17 Å². The molecule has 56 valence electrons. The van der Waals surface area contributed by atoms with Crippen molar-refractivity contribution in [2.45, 2.75) is 19.8 Å². The van der Waals surface area contributed by atoms with Gasteiger partial charge in [-0.3, -0.25) is 11.1 Å². The molecule has 0 aliphatic carbocycles. The summed E-state index contributed by atoms with van der Waals surface area (Å²) in [5.74, 6) is 1.05. The molecule has 0 unspecified atom stereocenters. The lowest BCUT2D eigenvalue weighted by molar-refractivity contribution is -0.110. The first kappa shape index (κ1) is 12.0. The predicted molar refractivity (Wildman–Crippen MR) is 38.5 cm³/mol. The van der Waals surface area contributed by atoms with Gasteiger partial charge in [0.2, 0.25) is 0 Å². The third kappa shape index (κ3) is 11.7. The van der Waals surface area contributed by atoms with Crippen LogP contribution in [0.4, 0.5) is 0 Å². The Bertz CT molecular complexity index is 77.4. The Kier molecular flexibility index (Phi) is 11.1. The zero-order valence-electron chi connectivity index (χ0n) is 5.56. The van der Waals surface area contributed by atoms with E-state index in [9.17, 15) is 0 Å². The molecule has 0 bridgehead atoms. The van der Waals surface area contributed by atoms with E-state index in [0.717, 1.165) is 5.75 Å². The summed E-state index contributed by atoms with van der Waals surface area (Å²) in [6.07, 6.45) is 2.41. The van der Waals surface area contributed by atoms with Crippen molar-refractivity contribution in [2.75, 3.05) is 5.75 Å². The monoisotopic (exact) mass is 212 g/mol. The zero-order chi connectivity index (χ0) is 6.41. The molecule has 0 heterocycles. The fraction of sp³-hybridized carbons (Fsp3) is 0.800. The summed E-state index contributed by atoms with van der Waals surface area (Å²) in [6, 6.07) is 0. The molecule has 9 heavy (non-hydrogen) atoms. The summed E-state index contributed by atoms with van der Waals surface area (Å²) in [6.45, 7) is 2.15. The molecule has 4 N–H and O–H groups in total. The summed E-state index contributed by atoms with van der Waals surface area (Å²) in [4.78, 5) is 0. The van der Waals surface area contributed by atoms with Crippen LogP contribution < -0.4 is 28.1 Å². The number of thioether (sulfide) groups is 1. The summed E-state index contributed by atoms with van der Waals surface area (Å²) in [5, 5.41) is 5.68. The Morgan fingerprint density at radius 1 is 1.67 bits per heavy atom. The molecule has 0 rings (SSSR count). The van der Waals surface area contributed by atoms with Crippen LogP contribution in [0, 0.1) is 0 Å². The van der Waals surface area contributed by atoms with E-state index in [4.69, 9.17) is 11.1 Å². The smallest absolute Gasteiger partial charge is 0.299 e. The van der Waals surface area contributed by atoms with Crippen LogP contribution in [-0.2, 0) is 0 Å². The predicted octanol–water partition coefficient (Wildman–Crippen LogP) is -3.40. The van der Waals surface area contributed by atoms with Crippen LogP contribution in [0.5, 0.6) is 0 Å². The van der Waals surface area contributed by atoms with Gasteiger partial charge in [-0.15, -0.1) is 0 Å². The van der Waals surface area contributed by atoms with Crippen molar-refractivity contribution < 1.29 is 22.4 Å². The lowest BCUT2D eigenvalue weighted by Crippen LogP contribution is -3.00. The van der Waals surface area contributed by atoms with Gasteiger partial charge in [0.25, 0.3) is 5.17 Å². The van der Waals surface area contributed by atoms with Gasteiger partial charge in [0, 0.05) is 5.75 Å². The Morgan fingerprint density at radius 3 is 2.56 bits per heavy atom. The Balaban J connectivity index is 0. The number of halogens is 1. The van der Waals surface area contributed by atoms with Crippen molar-refractivity contribution in [3.8, 4) is 0 Å². The van der Waals surface area contributed by atoms with Crippen molar-refractivity contribution in [1.82, 2.24) is 0 Å². The Labute approximate surface area is 70.9 Å². The third-order valence-corrected chi connectivity index (χ3v) is 1.59. The maximum Gasteiger partial charge on any atom is 0.299 e. The molecule has 0 atom stereocenters. The fourth-order valence-electron chi connectivity index (χ4n) is 0.334. The maximum atomic E-state index is 5.19.